The molecule has 0 aliphatic carbocycles. The van der Waals surface area contributed by atoms with E-state index in [1.807, 2.05) is 0 Å². The number of azo groups is 3. The first-order chi connectivity index (χ1) is 43.1. The minimum absolute atomic E-state index is 0. The summed E-state index contributed by atoms with van der Waals surface area (Å²) in [5.41, 5.74) is -3.52. The van der Waals surface area contributed by atoms with Crippen molar-refractivity contribution in [1.82, 2.24) is 29.3 Å². The molecule has 0 radical (unpaired) electrons. The fraction of sp³-hybridized carbons (Fsp3) is 0. The fourth-order valence-electron chi connectivity index (χ4n) is 7.07. The van der Waals surface area contributed by atoms with Gasteiger partial charge in [0.15, 0.2) is 17.1 Å². The van der Waals surface area contributed by atoms with Crippen molar-refractivity contribution in [3.05, 3.63) is 163 Å². The van der Waals surface area contributed by atoms with Crippen LogP contribution in [-0.2, 0) is 60.7 Å². The van der Waals surface area contributed by atoms with Gasteiger partial charge in [-0.3, -0.25) is 0 Å². The second-order valence-corrected chi connectivity index (χ2v) is 25.8. The minimum Gasteiger partial charge on any atom is -0.744 e. The van der Waals surface area contributed by atoms with Crippen LogP contribution in [0.25, 0.3) is 17.1 Å². The third-order valence-electron chi connectivity index (χ3n) is 11.4. The molecule has 0 spiro atoms. The summed E-state index contributed by atoms with van der Waals surface area (Å²) in [6.45, 7) is 0. The summed E-state index contributed by atoms with van der Waals surface area (Å²) >= 11 is 0. The van der Waals surface area contributed by atoms with Gasteiger partial charge in [-0.25, -0.2) is 64.9 Å². The Hall–Kier alpha value is -4.98. The molecule has 3 heterocycles. The Labute approximate surface area is 690 Å². The van der Waals surface area contributed by atoms with E-state index < -0.39 is 160 Å². The molecule has 6 aromatic carbocycles. The number of carboxylic acids is 3. The summed E-state index contributed by atoms with van der Waals surface area (Å²) < 4.78 is 200. The molecular formula is C48H30N12Na6O27S6. The molecule has 6 N–H and O–H groups in total. The predicted molar refractivity (Wildman–Crippen MR) is 296 cm³/mol. The first-order valence-electron chi connectivity index (χ1n) is 23.9. The molecule has 0 aliphatic heterocycles. The third kappa shape index (κ3) is 24.3. The fourth-order valence-corrected chi connectivity index (χ4v) is 9.89. The molecule has 0 unspecified atom stereocenters. The number of aromatic hydroxyl groups is 3. The summed E-state index contributed by atoms with van der Waals surface area (Å²) in [6, 6.07) is 25.1. The Bertz CT molecular complexity index is 4730. The molecular weight excluding hydrogens is 1510 g/mol. The van der Waals surface area contributed by atoms with Crippen LogP contribution in [0.4, 0.5) is 34.1 Å². The van der Waals surface area contributed by atoms with Crippen molar-refractivity contribution in [3.8, 4) is 34.7 Å². The van der Waals surface area contributed by atoms with Crippen LogP contribution in [0.15, 0.2) is 206 Å². The summed E-state index contributed by atoms with van der Waals surface area (Å²) in [5.74, 6) is -6.94. The van der Waals surface area contributed by atoms with Gasteiger partial charge in [-0.05, 0) is 146 Å². The largest absolute Gasteiger partial charge is 1.00 e. The van der Waals surface area contributed by atoms with Crippen molar-refractivity contribution in [2.24, 2.45) is 30.7 Å². The standard InChI is InChI=1S/3C16H12N4O9S2.6Na/c3*21-15-13(18-17-9-1-5-11(6-2-9)30(24,25)26)14(16(22)23)19-20(15)10-3-7-12(8-4-10)31(27,28)29;;;;;;/h3*1-8,21H,(H,22,23)(H,24,25,26)(H,27,28,29);;;;;;/q;;;6*+1/p-6/b3*18-17+;;;;;;. The molecule has 486 valence electrons. The first-order valence-corrected chi connectivity index (χ1v) is 32.4. The molecule has 0 bridgehead atoms. The van der Waals surface area contributed by atoms with Crippen LogP contribution >= 0.6 is 0 Å². The van der Waals surface area contributed by atoms with Gasteiger partial charge in [0.1, 0.15) is 60.7 Å². The van der Waals surface area contributed by atoms with Crippen LogP contribution in [0.5, 0.6) is 17.6 Å². The Morgan fingerprint density at radius 2 is 0.434 bits per heavy atom. The Kier molecular flexibility index (Phi) is 34.8. The van der Waals surface area contributed by atoms with E-state index in [1.54, 1.807) is 0 Å². The topological polar surface area (TPSA) is 643 Å². The summed E-state index contributed by atoms with van der Waals surface area (Å²) in [4.78, 5) is 31.3. The van der Waals surface area contributed by atoms with Gasteiger partial charge in [0.25, 0.3) is 0 Å². The van der Waals surface area contributed by atoms with E-state index in [9.17, 15) is 123 Å². The molecule has 0 aliphatic rings. The Morgan fingerprint density at radius 3 is 0.576 bits per heavy atom. The number of benzene rings is 6. The van der Waals surface area contributed by atoms with E-state index in [-0.39, 0.29) is 211 Å². The monoisotopic (exact) mass is 1540 g/mol. The maximum atomic E-state index is 11.5. The summed E-state index contributed by atoms with van der Waals surface area (Å²) in [7, 11) is -28.1. The first kappa shape index (κ1) is 92.0. The van der Waals surface area contributed by atoms with Gasteiger partial charge in [0.2, 0.25) is 34.7 Å². The van der Waals surface area contributed by atoms with Crippen LogP contribution in [0.2, 0.25) is 0 Å². The molecule has 0 atom stereocenters. The zero-order valence-corrected chi connectivity index (χ0v) is 67.8. The smallest absolute Gasteiger partial charge is 0.744 e. The number of hydrogen-bond donors (Lipinski definition) is 6. The maximum Gasteiger partial charge on any atom is 1.00 e. The van der Waals surface area contributed by atoms with Gasteiger partial charge in [-0.2, -0.15) is 44.7 Å². The summed E-state index contributed by atoms with van der Waals surface area (Å²) in [6.07, 6.45) is 0. The van der Waals surface area contributed by atoms with E-state index in [4.69, 9.17) is 0 Å². The summed E-state index contributed by atoms with van der Waals surface area (Å²) in [5, 5.41) is 92.0. The van der Waals surface area contributed by atoms with Gasteiger partial charge in [0.05, 0.1) is 63.5 Å². The van der Waals surface area contributed by atoms with Crippen molar-refractivity contribution in [2.75, 3.05) is 0 Å². The molecule has 9 rings (SSSR count). The zero-order chi connectivity index (χ0) is 68.9. The van der Waals surface area contributed by atoms with Crippen molar-refractivity contribution >= 4 is 113 Å². The molecule has 0 saturated carbocycles. The van der Waals surface area contributed by atoms with Crippen molar-refractivity contribution in [2.45, 2.75) is 29.4 Å². The maximum absolute atomic E-state index is 11.5. The molecule has 99 heavy (non-hydrogen) atoms. The Morgan fingerprint density at radius 1 is 0.283 bits per heavy atom. The number of rotatable bonds is 18. The van der Waals surface area contributed by atoms with Crippen molar-refractivity contribution in [1.29, 1.82) is 0 Å². The molecule has 0 saturated heterocycles. The van der Waals surface area contributed by atoms with Crippen LogP contribution < -0.4 is 177 Å². The number of carbonyl (C=O) groups is 3. The molecule has 3 aromatic heterocycles. The van der Waals surface area contributed by atoms with Crippen molar-refractivity contribution in [3.63, 3.8) is 0 Å². The molecule has 51 heteroatoms. The van der Waals surface area contributed by atoms with Crippen molar-refractivity contribution < 1.29 is 300 Å². The quantitative estimate of drug-likeness (QED) is 0.0264. The average molecular weight is 1540 g/mol. The van der Waals surface area contributed by atoms with Gasteiger partial charge >= 0.3 is 195 Å². The second-order valence-electron chi connectivity index (χ2n) is 17.5. The van der Waals surface area contributed by atoms with Crippen LogP contribution in [0.1, 0.15) is 31.5 Å². The molecule has 0 amide bonds. The van der Waals surface area contributed by atoms with Crippen LogP contribution in [-0.4, -0.2) is 156 Å². The van der Waals surface area contributed by atoms with E-state index in [2.05, 4.69) is 46.0 Å². The van der Waals surface area contributed by atoms with Gasteiger partial charge in [-0.15, -0.1) is 15.3 Å². The normalized spacial score (nSPS) is 11.6. The number of aromatic carboxylic acids is 3. The molecule has 0 fully saturated rings. The van der Waals surface area contributed by atoms with Crippen LogP contribution in [0.3, 0.4) is 0 Å². The molecule has 39 nitrogen and oxygen atoms in total. The molecule has 9 aromatic rings. The second kappa shape index (κ2) is 37.5. The average Bonchev–Trinajstić information content (AvgIpc) is 1.65. The van der Waals surface area contributed by atoms with E-state index in [1.165, 1.54) is 0 Å². The number of nitrogens with zero attached hydrogens (tertiary/aromatic N) is 12. The number of carboxylic acid groups (broad SMARTS) is 3. The minimum atomic E-state index is -4.71. The SMILES string of the molecule is O=C(O)c1nn(-c2ccc(S(=O)(=O)[O-])cc2)c(O)c1/N=N/c1ccc(S(=O)(=O)[O-])cc1.O=C(O)c1nn(-c2ccc(S(=O)(=O)[O-])cc2)c(O)c1/N=N/c1ccc(S(=O)(=O)[O-])cc1.O=C(O)c1nn(-c2ccc(S(=O)(=O)[O-])cc2)c(O)c1/N=N/c1ccc(S(=O)(=O)[O-])cc1.[Na+].[Na+].[Na+].[Na+].[Na+].[Na+]. The Balaban J connectivity index is 0.000000721. The van der Waals surface area contributed by atoms with Gasteiger partial charge < -0.3 is 58.0 Å². The predicted octanol–water partition coefficient (Wildman–Crippen LogP) is -13.5. The van der Waals surface area contributed by atoms with E-state index >= 15 is 0 Å². The third-order valence-corrected chi connectivity index (χ3v) is 16.5. The number of hydrogen-bond acceptors (Lipinski definition) is 33. The van der Waals surface area contributed by atoms with Crippen LogP contribution in [0, 0.1) is 0 Å². The zero-order valence-electron chi connectivity index (χ0n) is 50.9. The number of aromatic nitrogens is 6. The van der Waals surface area contributed by atoms with Gasteiger partial charge in [-0.1, -0.05) is 0 Å². The van der Waals surface area contributed by atoms with Gasteiger partial charge in [0, 0.05) is 0 Å². The van der Waals surface area contributed by atoms with E-state index in [0.717, 1.165) is 160 Å². The van der Waals surface area contributed by atoms with E-state index in [0.29, 0.717) is 0 Å².